The monoisotopic (exact) mass is 423 g/mol. The smallest absolute Gasteiger partial charge is 0.253 e. The van der Waals surface area contributed by atoms with Crippen LogP contribution in [-0.4, -0.2) is 53.8 Å². The molecule has 0 aromatic heterocycles. The van der Waals surface area contributed by atoms with Gasteiger partial charge in [0.15, 0.2) is 0 Å². The number of aryl methyl sites for hydroxylation is 1. The quantitative estimate of drug-likeness (QED) is 0.788. The van der Waals surface area contributed by atoms with Crippen molar-refractivity contribution in [2.75, 3.05) is 31.5 Å². The molecule has 6 heteroatoms. The van der Waals surface area contributed by atoms with E-state index in [0.717, 1.165) is 24.1 Å². The van der Waals surface area contributed by atoms with Crippen LogP contribution in [-0.2, 0) is 4.79 Å². The van der Waals surface area contributed by atoms with Crippen LogP contribution in [0, 0.1) is 18.7 Å². The van der Waals surface area contributed by atoms with Crippen molar-refractivity contribution in [3.8, 4) is 0 Å². The van der Waals surface area contributed by atoms with Gasteiger partial charge < -0.3 is 10.2 Å². The third kappa shape index (κ3) is 5.13. The minimum atomic E-state index is -0.347. The molecule has 1 heterocycles. The van der Waals surface area contributed by atoms with E-state index in [1.165, 1.54) is 37.1 Å². The highest BCUT2D eigenvalue weighted by atomic mass is 19.1. The number of nitrogens with zero attached hydrogens (tertiary/aromatic N) is 2. The molecule has 0 bridgehead atoms. The van der Waals surface area contributed by atoms with Crippen molar-refractivity contribution in [2.45, 2.75) is 38.6 Å². The summed E-state index contributed by atoms with van der Waals surface area (Å²) in [6.07, 6.45) is 4.48. The molecule has 1 N–H and O–H groups in total. The van der Waals surface area contributed by atoms with Crippen LogP contribution in [0.1, 0.15) is 41.6 Å². The van der Waals surface area contributed by atoms with E-state index in [9.17, 15) is 14.0 Å². The number of hydrogen-bond acceptors (Lipinski definition) is 3. The molecule has 164 valence electrons. The highest BCUT2D eigenvalue weighted by Crippen LogP contribution is 2.32. The van der Waals surface area contributed by atoms with E-state index < -0.39 is 0 Å². The largest absolute Gasteiger partial charge is 0.336 e. The van der Waals surface area contributed by atoms with E-state index in [1.54, 1.807) is 4.90 Å². The van der Waals surface area contributed by atoms with Crippen LogP contribution in [0.25, 0.3) is 0 Å². The summed E-state index contributed by atoms with van der Waals surface area (Å²) in [5.74, 6) is -0.0263. The maximum absolute atomic E-state index is 13.3. The molecule has 2 aliphatic rings. The molecule has 2 aromatic rings. The molecule has 4 rings (SSSR count). The van der Waals surface area contributed by atoms with Crippen LogP contribution >= 0.6 is 0 Å². The molecular formula is C25H30FN3O2. The fourth-order valence-electron chi connectivity index (χ4n) is 4.87. The van der Waals surface area contributed by atoms with E-state index in [2.05, 4.69) is 10.2 Å². The summed E-state index contributed by atoms with van der Waals surface area (Å²) < 4.78 is 13.2. The van der Waals surface area contributed by atoms with Gasteiger partial charge in [-0.1, -0.05) is 25.0 Å². The molecular weight excluding hydrogens is 393 g/mol. The van der Waals surface area contributed by atoms with Crippen molar-refractivity contribution >= 4 is 17.5 Å². The zero-order valence-electron chi connectivity index (χ0n) is 18.0. The number of hydrogen-bond donors (Lipinski definition) is 1. The predicted octanol–water partition coefficient (Wildman–Crippen LogP) is 4.09. The van der Waals surface area contributed by atoms with Gasteiger partial charge in [0.1, 0.15) is 5.82 Å². The van der Waals surface area contributed by atoms with Crippen LogP contribution in [0.3, 0.4) is 0 Å². The summed E-state index contributed by atoms with van der Waals surface area (Å²) in [4.78, 5) is 30.1. The van der Waals surface area contributed by atoms with Crippen molar-refractivity contribution in [1.29, 1.82) is 0 Å². The summed E-state index contributed by atoms with van der Waals surface area (Å²) in [6.45, 7) is 4.47. The minimum absolute atomic E-state index is 0.0517. The summed E-state index contributed by atoms with van der Waals surface area (Å²) in [5, 5.41) is 3.13. The van der Waals surface area contributed by atoms with Gasteiger partial charge in [0, 0.05) is 37.4 Å². The third-order valence-electron chi connectivity index (χ3n) is 6.49. The second-order valence-corrected chi connectivity index (χ2v) is 8.68. The van der Waals surface area contributed by atoms with Crippen molar-refractivity contribution in [3.63, 3.8) is 0 Å². The number of anilines is 1. The first kappa shape index (κ1) is 21.5. The summed E-state index contributed by atoms with van der Waals surface area (Å²) in [5.41, 5.74) is 2.45. The van der Waals surface area contributed by atoms with Crippen LogP contribution in [0.2, 0.25) is 0 Å². The SMILES string of the molecule is Cc1cccc(NC(=O)C(C2CCCC2)N2CCN(C(=O)c3ccc(F)cc3)CC2)c1. The Bertz CT molecular complexity index is 917. The van der Waals surface area contributed by atoms with Gasteiger partial charge in [-0.05, 0) is 67.6 Å². The lowest BCUT2D eigenvalue weighted by molar-refractivity contribution is -0.123. The number of halogens is 1. The number of carbonyl (C=O) groups excluding carboxylic acids is 2. The lowest BCUT2D eigenvalue weighted by Crippen LogP contribution is -2.56. The Morgan fingerprint density at radius 1 is 1.00 bits per heavy atom. The standard InChI is InChI=1S/C25H30FN3O2/c1-18-5-4-8-22(17-18)27-24(30)23(19-6-2-3-7-19)28-13-15-29(16-14-28)25(31)20-9-11-21(26)12-10-20/h4-5,8-12,17,19,23H,2-3,6-7,13-16H2,1H3,(H,27,30). The van der Waals surface area contributed by atoms with Gasteiger partial charge in [-0.2, -0.15) is 0 Å². The fourth-order valence-corrected chi connectivity index (χ4v) is 4.87. The first-order chi connectivity index (χ1) is 15.0. The third-order valence-corrected chi connectivity index (χ3v) is 6.49. The summed E-state index contributed by atoms with van der Waals surface area (Å²) >= 11 is 0. The van der Waals surface area contributed by atoms with Crippen LogP contribution < -0.4 is 5.32 Å². The number of nitrogens with one attached hydrogen (secondary N) is 1. The predicted molar refractivity (Wildman–Crippen MR) is 119 cm³/mol. The number of amides is 2. The lowest BCUT2D eigenvalue weighted by atomic mass is 9.94. The molecule has 0 spiro atoms. The molecule has 2 amide bonds. The van der Waals surface area contributed by atoms with Gasteiger partial charge in [-0.15, -0.1) is 0 Å². The molecule has 1 saturated heterocycles. The first-order valence-electron chi connectivity index (χ1n) is 11.2. The first-order valence-corrected chi connectivity index (χ1v) is 11.2. The zero-order valence-corrected chi connectivity index (χ0v) is 18.0. The second kappa shape index (κ2) is 9.60. The van der Waals surface area contributed by atoms with E-state index in [0.29, 0.717) is 37.7 Å². The highest BCUT2D eigenvalue weighted by molar-refractivity contribution is 5.95. The molecule has 5 nitrogen and oxygen atoms in total. The Labute approximate surface area is 183 Å². The Hall–Kier alpha value is -2.73. The average molecular weight is 424 g/mol. The number of benzene rings is 2. The maximum Gasteiger partial charge on any atom is 0.253 e. The molecule has 2 fully saturated rings. The van der Waals surface area contributed by atoms with E-state index >= 15 is 0 Å². The van der Waals surface area contributed by atoms with Crippen LogP contribution in [0.15, 0.2) is 48.5 Å². The van der Waals surface area contributed by atoms with Gasteiger partial charge in [-0.3, -0.25) is 14.5 Å². The van der Waals surface area contributed by atoms with E-state index in [1.807, 2.05) is 31.2 Å². The number of rotatable bonds is 5. The van der Waals surface area contributed by atoms with Crippen molar-refractivity contribution in [1.82, 2.24) is 9.80 Å². The van der Waals surface area contributed by atoms with Gasteiger partial charge in [0.2, 0.25) is 5.91 Å². The topological polar surface area (TPSA) is 52.7 Å². The zero-order chi connectivity index (χ0) is 21.8. The van der Waals surface area contributed by atoms with Gasteiger partial charge in [0.05, 0.1) is 6.04 Å². The lowest BCUT2D eigenvalue weighted by Gasteiger charge is -2.40. The average Bonchev–Trinajstić information content (AvgIpc) is 3.29. The molecule has 31 heavy (non-hydrogen) atoms. The molecule has 1 saturated carbocycles. The Morgan fingerprint density at radius 3 is 2.32 bits per heavy atom. The van der Waals surface area contributed by atoms with Gasteiger partial charge >= 0.3 is 0 Å². The molecule has 2 aromatic carbocycles. The molecule has 1 unspecified atom stereocenters. The minimum Gasteiger partial charge on any atom is -0.336 e. The Morgan fingerprint density at radius 2 is 1.68 bits per heavy atom. The van der Waals surface area contributed by atoms with Crippen molar-refractivity contribution in [2.24, 2.45) is 5.92 Å². The number of piperazine rings is 1. The van der Waals surface area contributed by atoms with Gasteiger partial charge in [-0.25, -0.2) is 4.39 Å². The van der Waals surface area contributed by atoms with Crippen LogP contribution in [0.4, 0.5) is 10.1 Å². The Balaban J connectivity index is 1.43. The van der Waals surface area contributed by atoms with Crippen LogP contribution in [0.5, 0.6) is 0 Å². The highest BCUT2D eigenvalue weighted by Gasteiger charge is 2.37. The summed E-state index contributed by atoms with van der Waals surface area (Å²) in [7, 11) is 0. The van der Waals surface area contributed by atoms with E-state index in [-0.39, 0.29) is 23.7 Å². The van der Waals surface area contributed by atoms with Crippen molar-refractivity contribution in [3.05, 3.63) is 65.5 Å². The van der Waals surface area contributed by atoms with E-state index in [4.69, 9.17) is 0 Å². The Kier molecular flexibility index (Phi) is 6.66. The molecule has 0 radical (unpaired) electrons. The van der Waals surface area contributed by atoms with Gasteiger partial charge in [0.25, 0.3) is 5.91 Å². The summed E-state index contributed by atoms with van der Waals surface area (Å²) in [6, 6.07) is 13.4. The van der Waals surface area contributed by atoms with Crippen molar-refractivity contribution < 1.29 is 14.0 Å². The maximum atomic E-state index is 13.3. The second-order valence-electron chi connectivity index (χ2n) is 8.68. The molecule has 1 atom stereocenters. The number of carbonyl (C=O) groups is 2. The fraction of sp³-hybridized carbons (Fsp3) is 0.440. The molecule has 1 aliphatic carbocycles. The molecule has 1 aliphatic heterocycles. The normalized spacial score (nSPS) is 18.7.